The van der Waals surface area contributed by atoms with Gasteiger partial charge in [0, 0.05) is 5.56 Å². The van der Waals surface area contributed by atoms with E-state index < -0.39 is 0 Å². The lowest BCUT2D eigenvalue weighted by molar-refractivity contribution is 0.477. The summed E-state index contributed by atoms with van der Waals surface area (Å²) in [6, 6.07) is 7.01. The molecule has 2 aromatic rings. The highest BCUT2D eigenvalue weighted by atomic mass is 32.2. The van der Waals surface area contributed by atoms with Crippen LogP contribution in [0.3, 0.4) is 0 Å². The Balaban J connectivity index is 2.67. The summed E-state index contributed by atoms with van der Waals surface area (Å²) < 4.78 is 0. The van der Waals surface area contributed by atoms with E-state index in [-0.39, 0.29) is 5.75 Å². The highest BCUT2D eigenvalue weighted by molar-refractivity contribution is 7.98. The minimum absolute atomic E-state index is 0.171. The molecule has 0 saturated heterocycles. The van der Waals surface area contributed by atoms with Crippen LogP contribution < -0.4 is 5.73 Å². The average Bonchev–Trinajstić information content (AvgIpc) is 2.33. The SMILES string of the molecule is CSc1nc(C)c(N)c(-c2ccccc2O)n1. The van der Waals surface area contributed by atoms with Gasteiger partial charge in [0.1, 0.15) is 11.4 Å². The fraction of sp³-hybridized carbons (Fsp3) is 0.167. The van der Waals surface area contributed by atoms with Crippen LogP contribution in [-0.4, -0.2) is 21.3 Å². The number of hydrogen-bond acceptors (Lipinski definition) is 5. The molecule has 3 N–H and O–H groups in total. The van der Waals surface area contributed by atoms with E-state index in [9.17, 15) is 5.11 Å². The van der Waals surface area contributed by atoms with Gasteiger partial charge in [-0.25, -0.2) is 9.97 Å². The molecule has 0 spiro atoms. The highest BCUT2D eigenvalue weighted by Crippen LogP contribution is 2.33. The van der Waals surface area contributed by atoms with Crippen LogP contribution >= 0.6 is 11.8 Å². The predicted molar refractivity (Wildman–Crippen MR) is 70.1 cm³/mol. The van der Waals surface area contributed by atoms with E-state index in [4.69, 9.17) is 5.73 Å². The monoisotopic (exact) mass is 247 g/mol. The Morgan fingerprint density at radius 3 is 2.59 bits per heavy atom. The van der Waals surface area contributed by atoms with Crippen LogP contribution in [0.4, 0.5) is 5.69 Å². The first-order valence-electron chi connectivity index (χ1n) is 5.10. The van der Waals surface area contributed by atoms with Crippen molar-refractivity contribution in [3.05, 3.63) is 30.0 Å². The van der Waals surface area contributed by atoms with Crippen molar-refractivity contribution >= 4 is 17.4 Å². The fourth-order valence-electron chi connectivity index (χ4n) is 1.53. The topological polar surface area (TPSA) is 72.0 Å². The maximum Gasteiger partial charge on any atom is 0.188 e. The van der Waals surface area contributed by atoms with Crippen LogP contribution in [0, 0.1) is 6.92 Å². The normalized spacial score (nSPS) is 10.5. The van der Waals surface area contributed by atoms with Crippen LogP contribution in [0.5, 0.6) is 5.75 Å². The molecule has 1 heterocycles. The summed E-state index contributed by atoms with van der Waals surface area (Å²) in [5, 5.41) is 10.5. The minimum Gasteiger partial charge on any atom is -0.507 e. The van der Waals surface area contributed by atoms with Gasteiger partial charge in [-0.05, 0) is 25.3 Å². The Morgan fingerprint density at radius 2 is 1.94 bits per heavy atom. The quantitative estimate of drug-likeness (QED) is 0.630. The average molecular weight is 247 g/mol. The lowest BCUT2D eigenvalue weighted by Gasteiger charge is -2.10. The van der Waals surface area contributed by atoms with Crippen molar-refractivity contribution in [2.75, 3.05) is 12.0 Å². The first kappa shape index (κ1) is 11.7. The number of aromatic nitrogens is 2. The van der Waals surface area contributed by atoms with Crippen molar-refractivity contribution in [2.24, 2.45) is 0 Å². The van der Waals surface area contributed by atoms with Crippen molar-refractivity contribution in [3.63, 3.8) is 0 Å². The molecule has 2 rings (SSSR count). The number of phenols is 1. The third-order valence-corrected chi connectivity index (χ3v) is 3.01. The molecular formula is C12H13N3OS. The van der Waals surface area contributed by atoms with Gasteiger partial charge in [-0.2, -0.15) is 0 Å². The Morgan fingerprint density at radius 1 is 1.24 bits per heavy atom. The number of aromatic hydroxyl groups is 1. The summed E-state index contributed by atoms with van der Waals surface area (Å²) in [6.07, 6.45) is 1.90. The zero-order valence-electron chi connectivity index (χ0n) is 9.64. The van der Waals surface area contributed by atoms with E-state index in [1.54, 1.807) is 18.2 Å². The maximum atomic E-state index is 9.82. The molecule has 0 saturated carbocycles. The molecule has 0 aliphatic rings. The van der Waals surface area contributed by atoms with Crippen LogP contribution in [0.15, 0.2) is 29.4 Å². The third-order valence-electron chi connectivity index (χ3n) is 2.46. The molecule has 0 aliphatic carbocycles. The number of aryl methyl sites for hydroxylation is 1. The van der Waals surface area contributed by atoms with Gasteiger partial charge in [-0.3, -0.25) is 0 Å². The second-order valence-electron chi connectivity index (χ2n) is 3.58. The number of hydrogen-bond donors (Lipinski definition) is 2. The molecule has 0 amide bonds. The lowest BCUT2D eigenvalue weighted by atomic mass is 10.1. The van der Waals surface area contributed by atoms with Gasteiger partial charge < -0.3 is 10.8 Å². The maximum absolute atomic E-state index is 9.82. The molecule has 0 aliphatic heterocycles. The molecule has 0 radical (unpaired) electrons. The van der Waals surface area contributed by atoms with E-state index in [0.717, 1.165) is 5.69 Å². The molecule has 1 aromatic carbocycles. The standard InChI is InChI=1S/C12H13N3OS/c1-7-10(13)11(15-12(14-7)17-2)8-5-3-4-6-9(8)16/h3-6,16H,13H2,1-2H3. The van der Waals surface area contributed by atoms with Crippen molar-refractivity contribution in [2.45, 2.75) is 12.1 Å². The van der Waals surface area contributed by atoms with E-state index in [1.165, 1.54) is 11.8 Å². The molecule has 0 bridgehead atoms. The zero-order chi connectivity index (χ0) is 12.4. The number of rotatable bonds is 2. The summed E-state index contributed by atoms with van der Waals surface area (Å²) in [7, 11) is 0. The molecule has 0 fully saturated rings. The number of nitrogen functional groups attached to an aromatic ring is 1. The van der Waals surface area contributed by atoms with Crippen LogP contribution in [-0.2, 0) is 0 Å². The van der Waals surface area contributed by atoms with Gasteiger partial charge >= 0.3 is 0 Å². The molecule has 0 atom stereocenters. The van der Waals surface area contributed by atoms with Gasteiger partial charge in [0.05, 0.1) is 11.4 Å². The van der Waals surface area contributed by atoms with Crippen molar-refractivity contribution in [1.29, 1.82) is 0 Å². The molecule has 5 heteroatoms. The number of phenolic OH excluding ortho intramolecular Hbond substituents is 1. The summed E-state index contributed by atoms with van der Waals surface area (Å²) >= 11 is 1.45. The van der Waals surface area contributed by atoms with Gasteiger partial charge in [-0.15, -0.1) is 0 Å². The Hall–Kier alpha value is -1.75. The third kappa shape index (κ3) is 2.19. The Bertz CT molecular complexity index is 557. The number of nitrogens with zero attached hydrogens (tertiary/aromatic N) is 2. The molecule has 88 valence electrons. The number of benzene rings is 1. The fourth-order valence-corrected chi connectivity index (χ4v) is 1.94. The molecule has 0 unspecified atom stereocenters. The summed E-state index contributed by atoms with van der Waals surface area (Å²) in [4.78, 5) is 8.60. The second kappa shape index (κ2) is 4.63. The second-order valence-corrected chi connectivity index (χ2v) is 4.35. The van der Waals surface area contributed by atoms with E-state index in [1.807, 2.05) is 19.2 Å². The van der Waals surface area contributed by atoms with Crippen molar-refractivity contribution in [1.82, 2.24) is 9.97 Å². The minimum atomic E-state index is 0.171. The molecular weight excluding hydrogens is 234 g/mol. The van der Waals surface area contributed by atoms with Crippen LogP contribution in [0.2, 0.25) is 0 Å². The first-order valence-corrected chi connectivity index (χ1v) is 6.32. The van der Waals surface area contributed by atoms with Crippen LogP contribution in [0.25, 0.3) is 11.3 Å². The van der Waals surface area contributed by atoms with Crippen molar-refractivity contribution < 1.29 is 5.11 Å². The Labute approximate surface area is 104 Å². The Kier molecular flexibility index (Phi) is 3.19. The molecule has 4 nitrogen and oxygen atoms in total. The van der Waals surface area contributed by atoms with Crippen LogP contribution in [0.1, 0.15) is 5.69 Å². The van der Waals surface area contributed by atoms with E-state index in [2.05, 4.69) is 9.97 Å². The van der Waals surface area contributed by atoms with Gasteiger partial charge in [0.2, 0.25) is 0 Å². The molecule has 17 heavy (non-hydrogen) atoms. The van der Waals surface area contributed by atoms with Gasteiger partial charge in [-0.1, -0.05) is 23.9 Å². The van der Waals surface area contributed by atoms with Crippen molar-refractivity contribution in [3.8, 4) is 17.0 Å². The summed E-state index contributed by atoms with van der Waals surface area (Å²) in [5.74, 6) is 0.171. The number of para-hydroxylation sites is 1. The first-order chi connectivity index (χ1) is 8.13. The van der Waals surface area contributed by atoms with Gasteiger partial charge in [0.15, 0.2) is 5.16 Å². The van der Waals surface area contributed by atoms with Gasteiger partial charge in [0.25, 0.3) is 0 Å². The molecule has 1 aromatic heterocycles. The largest absolute Gasteiger partial charge is 0.507 e. The number of anilines is 1. The predicted octanol–water partition coefficient (Wildman–Crippen LogP) is 2.46. The van der Waals surface area contributed by atoms with E-state index >= 15 is 0 Å². The summed E-state index contributed by atoms with van der Waals surface area (Å²) in [6.45, 7) is 1.83. The smallest absolute Gasteiger partial charge is 0.188 e. The van der Waals surface area contributed by atoms with E-state index in [0.29, 0.717) is 22.1 Å². The number of thioether (sulfide) groups is 1. The highest BCUT2D eigenvalue weighted by Gasteiger charge is 2.13. The summed E-state index contributed by atoms with van der Waals surface area (Å²) in [5.41, 5.74) is 8.40. The lowest BCUT2D eigenvalue weighted by Crippen LogP contribution is -2.01. The zero-order valence-corrected chi connectivity index (χ0v) is 10.5. The number of nitrogens with two attached hydrogens (primary N) is 1.